The van der Waals surface area contributed by atoms with Gasteiger partial charge in [0.15, 0.2) is 0 Å². The Balaban J connectivity index is 0.000000277. The van der Waals surface area contributed by atoms with Crippen molar-refractivity contribution in [3.63, 3.8) is 0 Å². The molecule has 0 aromatic heterocycles. The lowest BCUT2D eigenvalue weighted by molar-refractivity contribution is -0.206. The van der Waals surface area contributed by atoms with Crippen molar-refractivity contribution in [3.05, 3.63) is 0 Å². The van der Waals surface area contributed by atoms with Gasteiger partial charge < -0.3 is 9.47 Å². The predicted octanol–water partition coefficient (Wildman–Crippen LogP) is 7.73. The van der Waals surface area contributed by atoms with Crippen molar-refractivity contribution >= 4 is 11.9 Å². The van der Waals surface area contributed by atoms with Gasteiger partial charge in [0.25, 0.3) is 0 Å². The van der Waals surface area contributed by atoms with Crippen LogP contribution in [0.4, 0.5) is 0 Å². The van der Waals surface area contributed by atoms with Gasteiger partial charge in [0.05, 0.1) is 10.8 Å². The molecule has 4 aliphatic carbocycles. The Morgan fingerprint density at radius 3 is 1.30 bits per heavy atom. The summed E-state index contributed by atoms with van der Waals surface area (Å²) in [5.74, 6) is 2.57. The van der Waals surface area contributed by atoms with Gasteiger partial charge in [-0.05, 0) is 131 Å². The number of carbonyl (C=O) groups excluding carboxylic acids is 2. The first kappa shape index (κ1) is 28.2. The van der Waals surface area contributed by atoms with Crippen LogP contribution in [0.2, 0.25) is 0 Å². The van der Waals surface area contributed by atoms with Crippen LogP contribution in [0.3, 0.4) is 0 Å². The molecule has 4 heteroatoms. The lowest BCUT2D eigenvalue weighted by Crippen LogP contribution is -2.58. The Bertz CT molecular complexity index is 672. The van der Waals surface area contributed by atoms with Crippen molar-refractivity contribution in [3.8, 4) is 0 Å². The summed E-state index contributed by atoms with van der Waals surface area (Å²) in [7, 11) is 0. The first-order valence-electron chi connectivity index (χ1n) is 13.3. The SMILES string of the molecule is CCC(C)(C)C(=O)OC(C)(C)C.CCC(C)(C)C(=O)OC(C)(C)C12CC3CC(CC(C3)C1)C2. The van der Waals surface area contributed by atoms with E-state index < -0.39 is 0 Å². The Hall–Kier alpha value is -1.06. The van der Waals surface area contributed by atoms with Crippen LogP contribution < -0.4 is 0 Å². The molecule has 4 rings (SSSR count). The molecule has 4 aliphatic rings. The molecule has 4 bridgehead atoms. The van der Waals surface area contributed by atoms with Crippen molar-refractivity contribution in [1.29, 1.82) is 0 Å². The van der Waals surface area contributed by atoms with Crippen LogP contribution in [-0.2, 0) is 19.1 Å². The summed E-state index contributed by atoms with van der Waals surface area (Å²) in [4.78, 5) is 24.1. The van der Waals surface area contributed by atoms with Gasteiger partial charge in [-0.2, -0.15) is 0 Å². The summed E-state index contributed by atoms with van der Waals surface area (Å²) in [5.41, 5.74) is -1.15. The van der Waals surface area contributed by atoms with E-state index in [0.29, 0.717) is 0 Å². The summed E-state index contributed by atoms with van der Waals surface area (Å²) >= 11 is 0. The number of carbonyl (C=O) groups is 2. The molecular formula is C29H52O4. The second kappa shape index (κ2) is 9.53. The number of hydrogen-bond donors (Lipinski definition) is 0. The van der Waals surface area contributed by atoms with E-state index in [0.717, 1.165) is 30.6 Å². The molecule has 0 saturated heterocycles. The second-order valence-electron chi connectivity index (χ2n) is 14.1. The van der Waals surface area contributed by atoms with Crippen LogP contribution in [0.5, 0.6) is 0 Å². The van der Waals surface area contributed by atoms with Gasteiger partial charge >= 0.3 is 11.9 Å². The molecule has 0 atom stereocenters. The predicted molar refractivity (Wildman–Crippen MR) is 135 cm³/mol. The molecule has 0 aromatic rings. The van der Waals surface area contributed by atoms with Gasteiger partial charge in [0.2, 0.25) is 0 Å². The minimum atomic E-state index is -0.372. The Labute approximate surface area is 203 Å². The maximum Gasteiger partial charge on any atom is 0.312 e. The molecule has 0 aromatic carbocycles. The fraction of sp³-hybridized carbons (Fsp3) is 0.931. The number of rotatable bonds is 6. The Morgan fingerprint density at radius 1 is 0.667 bits per heavy atom. The topological polar surface area (TPSA) is 52.6 Å². The minimum absolute atomic E-state index is 0.00857. The van der Waals surface area contributed by atoms with E-state index in [2.05, 4.69) is 20.8 Å². The van der Waals surface area contributed by atoms with Gasteiger partial charge in [-0.1, -0.05) is 13.8 Å². The van der Waals surface area contributed by atoms with E-state index in [1.54, 1.807) is 0 Å². The highest BCUT2D eigenvalue weighted by molar-refractivity contribution is 5.76. The third-order valence-corrected chi connectivity index (χ3v) is 8.94. The average molecular weight is 465 g/mol. The monoisotopic (exact) mass is 464 g/mol. The number of ether oxygens (including phenoxy) is 2. The van der Waals surface area contributed by atoms with Gasteiger partial charge in [0, 0.05) is 5.41 Å². The van der Waals surface area contributed by atoms with Gasteiger partial charge in [-0.3, -0.25) is 9.59 Å². The quantitative estimate of drug-likeness (QED) is 0.377. The van der Waals surface area contributed by atoms with Gasteiger partial charge in [-0.15, -0.1) is 0 Å². The second-order valence-corrected chi connectivity index (χ2v) is 14.1. The molecule has 0 N–H and O–H groups in total. The molecule has 0 spiro atoms. The Morgan fingerprint density at radius 2 is 1.00 bits per heavy atom. The molecule has 4 saturated carbocycles. The molecular weight excluding hydrogens is 412 g/mol. The van der Waals surface area contributed by atoms with Crippen LogP contribution in [0.1, 0.15) is 128 Å². The van der Waals surface area contributed by atoms with E-state index in [1.807, 2.05) is 55.4 Å². The summed E-state index contributed by atoms with van der Waals surface area (Å²) < 4.78 is 11.4. The minimum Gasteiger partial charge on any atom is -0.460 e. The highest BCUT2D eigenvalue weighted by Gasteiger charge is 2.59. The first-order chi connectivity index (χ1) is 14.9. The van der Waals surface area contributed by atoms with Crippen molar-refractivity contribution < 1.29 is 19.1 Å². The third-order valence-electron chi connectivity index (χ3n) is 8.94. The van der Waals surface area contributed by atoms with Crippen molar-refractivity contribution in [2.45, 2.75) is 139 Å². The fourth-order valence-corrected chi connectivity index (χ4v) is 6.03. The summed E-state index contributed by atoms with van der Waals surface area (Å²) in [6.45, 7) is 21.9. The van der Waals surface area contributed by atoms with Crippen molar-refractivity contribution in [2.24, 2.45) is 34.0 Å². The highest BCUT2D eigenvalue weighted by Crippen LogP contribution is 2.64. The first-order valence-corrected chi connectivity index (χ1v) is 13.3. The average Bonchev–Trinajstić information content (AvgIpc) is 2.65. The van der Waals surface area contributed by atoms with E-state index >= 15 is 0 Å². The van der Waals surface area contributed by atoms with E-state index in [9.17, 15) is 9.59 Å². The fourth-order valence-electron chi connectivity index (χ4n) is 6.03. The number of esters is 2. The molecule has 4 fully saturated rings. The molecule has 0 unspecified atom stereocenters. The molecule has 0 amide bonds. The maximum absolute atomic E-state index is 12.6. The van der Waals surface area contributed by atoms with Crippen molar-refractivity contribution in [1.82, 2.24) is 0 Å². The normalized spacial score (nSPS) is 29.2. The van der Waals surface area contributed by atoms with Crippen LogP contribution in [0.25, 0.3) is 0 Å². The summed E-state index contributed by atoms with van der Waals surface area (Å²) in [6, 6.07) is 0. The summed E-state index contributed by atoms with van der Waals surface area (Å²) in [5, 5.41) is 0. The van der Waals surface area contributed by atoms with Gasteiger partial charge in [-0.25, -0.2) is 0 Å². The number of hydrogen-bond acceptors (Lipinski definition) is 4. The van der Waals surface area contributed by atoms with Gasteiger partial charge in [0.1, 0.15) is 11.2 Å². The zero-order valence-electron chi connectivity index (χ0n) is 23.5. The van der Waals surface area contributed by atoms with Crippen LogP contribution in [0.15, 0.2) is 0 Å². The van der Waals surface area contributed by atoms with E-state index in [-0.39, 0.29) is 39.4 Å². The zero-order chi connectivity index (χ0) is 25.5. The highest BCUT2D eigenvalue weighted by atomic mass is 16.6. The molecule has 0 heterocycles. The molecule has 0 aliphatic heterocycles. The maximum atomic E-state index is 12.6. The van der Waals surface area contributed by atoms with E-state index in [4.69, 9.17) is 9.47 Å². The van der Waals surface area contributed by atoms with E-state index in [1.165, 1.54) is 38.5 Å². The lowest BCUT2D eigenvalue weighted by Gasteiger charge is -2.61. The molecule has 33 heavy (non-hydrogen) atoms. The largest absolute Gasteiger partial charge is 0.460 e. The third kappa shape index (κ3) is 6.54. The van der Waals surface area contributed by atoms with Crippen LogP contribution in [0, 0.1) is 34.0 Å². The molecule has 0 radical (unpaired) electrons. The Kier molecular flexibility index (Phi) is 8.14. The standard InChI is InChI=1S/C19H32O2.C10H20O2/c1-6-17(2,3)16(20)21-18(4,5)19-10-13-7-14(11-19)9-15(8-13)12-19;1-7-10(5,6)8(11)12-9(2,3)4/h13-15H,6-12H2,1-5H3;7H2,1-6H3. The lowest BCUT2D eigenvalue weighted by atomic mass is 9.46. The molecule has 4 nitrogen and oxygen atoms in total. The van der Waals surface area contributed by atoms with Crippen molar-refractivity contribution in [2.75, 3.05) is 0 Å². The zero-order valence-corrected chi connectivity index (χ0v) is 23.5. The van der Waals surface area contributed by atoms with Crippen LogP contribution >= 0.6 is 0 Å². The van der Waals surface area contributed by atoms with Crippen LogP contribution in [-0.4, -0.2) is 23.1 Å². The molecule has 192 valence electrons. The smallest absolute Gasteiger partial charge is 0.312 e. The summed E-state index contributed by atoms with van der Waals surface area (Å²) in [6.07, 6.45) is 9.80.